The van der Waals surface area contributed by atoms with Gasteiger partial charge in [-0.2, -0.15) is 13.2 Å². The Labute approximate surface area is 119 Å². The molecule has 0 fully saturated rings. The fraction of sp³-hybridized carbons (Fsp3) is 0.333. The van der Waals surface area contributed by atoms with Gasteiger partial charge in [0.1, 0.15) is 4.90 Å². The minimum Gasteiger partial charge on any atom is -0.329 e. The van der Waals surface area contributed by atoms with Gasteiger partial charge in [-0.25, -0.2) is 13.1 Å². The van der Waals surface area contributed by atoms with Crippen LogP contribution in [0.5, 0.6) is 0 Å². The second-order valence-electron chi connectivity index (χ2n) is 3.30. The van der Waals surface area contributed by atoms with Crippen LogP contribution in [0, 0.1) is 0 Å². The van der Waals surface area contributed by atoms with Crippen molar-refractivity contribution in [1.29, 1.82) is 0 Å². The molecule has 0 radical (unpaired) electrons. The summed E-state index contributed by atoms with van der Waals surface area (Å²) < 4.78 is 63.5. The lowest BCUT2D eigenvalue weighted by Gasteiger charge is -2.14. The topological polar surface area (TPSA) is 72.2 Å². The number of alkyl halides is 3. The van der Waals surface area contributed by atoms with E-state index in [-0.39, 0.29) is 25.5 Å². The van der Waals surface area contributed by atoms with Gasteiger partial charge in [-0.1, -0.05) is 17.7 Å². The zero-order chi connectivity index (χ0) is 14.0. The Kier molecular flexibility index (Phi) is 6.56. The van der Waals surface area contributed by atoms with E-state index in [2.05, 4.69) is 0 Å². The molecule has 110 valence electrons. The summed E-state index contributed by atoms with van der Waals surface area (Å²) in [7, 11) is -4.35. The van der Waals surface area contributed by atoms with E-state index in [1.165, 1.54) is 0 Å². The zero-order valence-electron chi connectivity index (χ0n) is 9.37. The Morgan fingerprint density at radius 2 is 1.89 bits per heavy atom. The third-order valence-corrected chi connectivity index (χ3v) is 3.97. The molecule has 0 amide bonds. The normalized spacial score (nSPS) is 12.1. The van der Waals surface area contributed by atoms with Crippen LogP contribution in [0.1, 0.15) is 5.56 Å². The monoisotopic (exact) mass is 338 g/mol. The fourth-order valence-electron chi connectivity index (χ4n) is 1.27. The third-order valence-electron chi connectivity index (χ3n) is 1.98. The van der Waals surface area contributed by atoms with Crippen molar-refractivity contribution < 1.29 is 21.6 Å². The molecule has 0 aliphatic heterocycles. The molecule has 4 nitrogen and oxygen atoms in total. The average molecular weight is 339 g/mol. The summed E-state index contributed by atoms with van der Waals surface area (Å²) in [5.41, 5.74) is 3.79. The molecule has 0 saturated carbocycles. The van der Waals surface area contributed by atoms with Gasteiger partial charge in [-0.3, -0.25) is 0 Å². The number of nitrogens with one attached hydrogen (secondary N) is 1. The number of rotatable bonds is 4. The Balaban J connectivity index is 0.00000324. The van der Waals surface area contributed by atoms with Gasteiger partial charge in [-0.15, -0.1) is 12.4 Å². The summed E-state index contributed by atoms with van der Waals surface area (Å²) in [5, 5.41) is -0.491. The maximum absolute atomic E-state index is 12.7. The molecule has 0 aliphatic carbocycles. The number of nitrogens with two attached hydrogens (primary N) is 1. The summed E-state index contributed by atoms with van der Waals surface area (Å²) in [6, 6.07) is 2.77. The standard InChI is InChI=1S/C9H10ClF3N2O2S.ClH/c10-7-3-1-2-6(9(11,12)13)8(7)18(16,17)15-5-4-14;/h1-3,15H,4-5,14H2;1H. The summed E-state index contributed by atoms with van der Waals surface area (Å²) in [6.07, 6.45) is -4.81. The summed E-state index contributed by atoms with van der Waals surface area (Å²) in [5.74, 6) is 0. The molecule has 0 atom stereocenters. The highest BCUT2D eigenvalue weighted by molar-refractivity contribution is 7.89. The van der Waals surface area contributed by atoms with Crippen molar-refractivity contribution in [2.45, 2.75) is 11.1 Å². The van der Waals surface area contributed by atoms with Crippen molar-refractivity contribution in [2.75, 3.05) is 13.1 Å². The van der Waals surface area contributed by atoms with Crippen LogP contribution in [-0.4, -0.2) is 21.5 Å². The van der Waals surface area contributed by atoms with Crippen molar-refractivity contribution in [3.8, 4) is 0 Å². The Morgan fingerprint density at radius 1 is 1.32 bits per heavy atom. The van der Waals surface area contributed by atoms with Gasteiger partial charge >= 0.3 is 6.18 Å². The van der Waals surface area contributed by atoms with E-state index in [0.717, 1.165) is 12.1 Å². The number of hydrogen-bond acceptors (Lipinski definition) is 3. The highest BCUT2D eigenvalue weighted by atomic mass is 35.5. The van der Waals surface area contributed by atoms with E-state index >= 15 is 0 Å². The van der Waals surface area contributed by atoms with Gasteiger partial charge in [-0.05, 0) is 12.1 Å². The minimum atomic E-state index is -4.81. The second kappa shape index (κ2) is 6.76. The molecular formula is C9H11Cl2F3N2O2S. The lowest BCUT2D eigenvalue weighted by Crippen LogP contribution is -2.31. The molecule has 0 aromatic heterocycles. The highest BCUT2D eigenvalue weighted by Gasteiger charge is 2.38. The SMILES string of the molecule is Cl.NCCNS(=O)(=O)c1c(Cl)cccc1C(F)(F)F. The molecule has 0 spiro atoms. The largest absolute Gasteiger partial charge is 0.417 e. The maximum atomic E-state index is 12.7. The average Bonchev–Trinajstić information content (AvgIpc) is 2.24. The molecule has 0 aliphatic rings. The molecule has 0 bridgehead atoms. The van der Waals surface area contributed by atoms with E-state index < -0.39 is 31.7 Å². The number of halogens is 5. The van der Waals surface area contributed by atoms with Gasteiger partial charge in [0.2, 0.25) is 10.0 Å². The van der Waals surface area contributed by atoms with Gasteiger partial charge in [0.25, 0.3) is 0 Å². The molecule has 10 heteroatoms. The van der Waals surface area contributed by atoms with E-state index in [0.29, 0.717) is 6.07 Å². The van der Waals surface area contributed by atoms with Crippen molar-refractivity contribution in [2.24, 2.45) is 5.73 Å². The lowest BCUT2D eigenvalue weighted by molar-refractivity contribution is -0.139. The third kappa shape index (κ3) is 4.50. The van der Waals surface area contributed by atoms with Crippen LogP contribution in [0.4, 0.5) is 13.2 Å². The van der Waals surface area contributed by atoms with E-state index in [1.807, 2.05) is 4.72 Å². The highest BCUT2D eigenvalue weighted by Crippen LogP contribution is 2.37. The number of benzene rings is 1. The van der Waals surface area contributed by atoms with Crippen LogP contribution < -0.4 is 10.5 Å². The first-order chi connectivity index (χ1) is 8.20. The molecule has 1 aromatic carbocycles. The Hall–Kier alpha value is -0.540. The van der Waals surface area contributed by atoms with Crippen LogP contribution in [0.3, 0.4) is 0 Å². The van der Waals surface area contributed by atoms with Crippen LogP contribution in [-0.2, 0) is 16.2 Å². The van der Waals surface area contributed by atoms with Crippen LogP contribution in [0.25, 0.3) is 0 Å². The van der Waals surface area contributed by atoms with Gasteiger partial charge < -0.3 is 5.73 Å². The molecule has 0 unspecified atom stereocenters. The predicted molar refractivity (Wildman–Crippen MR) is 67.9 cm³/mol. The Bertz CT molecular complexity index is 535. The Morgan fingerprint density at radius 3 is 2.37 bits per heavy atom. The molecule has 3 N–H and O–H groups in total. The van der Waals surface area contributed by atoms with Crippen LogP contribution in [0.2, 0.25) is 5.02 Å². The fourth-order valence-corrected chi connectivity index (χ4v) is 3.08. The molecule has 19 heavy (non-hydrogen) atoms. The number of hydrogen-bond donors (Lipinski definition) is 2. The minimum absolute atomic E-state index is 0. The van der Waals surface area contributed by atoms with Crippen LogP contribution >= 0.6 is 24.0 Å². The quantitative estimate of drug-likeness (QED) is 0.882. The van der Waals surface area contributed by atoms with Crippen LogP contribution in [0.15, 0.2) is 23.1 Å². The van der Waals surface area contributed by atoms with Crippen molar-refractivity contribution in [3.05, 3.63) is 28.8 Å². The molecular weight excluding hydrogens is 328 g/mol. The molecule has 0 saturated heterocycles. The molecule has 1 rings (SSSR count). The van der Waals surface area contributed by atoms with Crippen molar-refractivity contribution in [1.82, 2.24) is 4.72 Å². The van der Waals surface area contributed by atoms with Crippen molar-refractivity contribution in [3.63, 3.8) is 0 Å². The molecule has 0 heterocycles. The van der Waals surface area contributed by atoms with Gasteiger partial charge in [0.15, 0.2) is 0 Å². The lowest BCUT2D eigenvalue weighted by atomic mass is 10.2. The first-order valence-corrected chi connectivity index (χ1v) is 6.61. The van der Waals surface area contributed by atoms with Gasteiger partial charge in [0, 0.05) is 13.1 Å². The zero-order valence-corrected chi connectivity index (χ0v) is 11.8. The van der Waals surface area contributed by atoms with E-state index in [1.54, 1.807) is 0 Å². The smallest absolute Gasteiger partial charge is 0.329 e. The number of sulfonamides is 1. The maximum Gasteiger partial charge on any atom is 0.417 e. The van der Waals surface area contributed by atoms with E-state index in [4.69, 9.17) is 17.3 Å². The first-order valence-electron chi connectivity index (χ1n) is 4.75. The first kappa shape index (κ1) is 18.5. The van der Waals surface area contributed by atoms with Crippen molar-refractivity contribution >= 4 is 34.0 Å². The van der Waals surface area contributed by atoms with E-state index in [9.17, 15) is 21.6 Å². The van der Waals surface area contributed by atoms with Gasteiger partial charge in [0.05, 0.1) is 10.6 Å². The summed E-state index contributed by atoms with van der Waals surface area (Å²) in [4.78, 5) is -0.979. The predicted octanol–water partition coefficient (Wildman–Crippen LogP) is 2.02. The summed E-state index contributed by atoms with van der Waals surface area (Å²) >= 11 is 5.55. The molecule has 1 aromatic rings. The second-order valence-corrected chi connectivity index (χ2v) is 5.41. The summed E-state index contributed by atoms with van der Waals surface area (Å²) in [6.45, 7) is -0.212.